The lowest BCUT2D eigenvalue weighted by Gasteiger charge is -2.51. The van der Waals surface area contributed by atoms with E-state index < -0.39 is 19.7 Å². The molecule has 2 aromatic rings. The van der Waals surface area contributed by atoms with Crippen LogP contribution in [0.1, 0.15) is 53.9 Å². The molecule has 5 rings (SSSR count). The number of fused-ring (bicyclic) bond motifs is 1. The Bertz CT molecular complexity index is 1270. The lowest BCUT2D eigenvalue weighted by Crippen LogP contribution is -2.67. The number of rotatable bonds is 6. The molecule has 40 heavy (non-hydrogen) atoms. The Morgan fingerprint density at radius 3 is 2.23 bits per heavy atom. The summed E-state index contributed by atoms with van der Waals surface area (Å²) in [7, 11) is -2.82. The van der Waals surface area contributed by atoms with Crippen molar-refractivity contribution in [1.29, 1.82) is 0 Å². The van der Waals surface area contributed by atoms with Gasteiger partial charge in [-0.2, -0.15) is 0 Å². The van der Waals surface area contributed by atoms with Crippen LogP contribution in [0.5, 0.6) is 0 Å². The normalized spacial score (nSPS) is 30.9. The molecular formula is C34H42O5Si. The molecule has 0 saturated carbocycles. The monoisotopic (exact) mass is 558 g/mol. The van der Waals surface area contributed by atoms with Crippen molar-refractivity contribution >= 4 is 24.5 Å². The van der Waals surface area contributed by atoms with Crippen molar-refractivity contribution in [1.82, 2.24) is 0 Å². The number of carbonyl (C=O) groups is 1. The van der Waals surface area contributed by atoms with Gasteiger partial charge in [-0.05, 0) is 52.6 Å². The Labute approximate surface area is 239 Å². The summed E-state index contributed by atoms with van der Waals surface area (Å²) in [5, 5.41) is 13.4. The molecule has 2 aromatic carbocycles. The molecule has 5 nitrogen and oxygen atoms in total. The Morgan fingerprint density at radius 1 is 1.07 bits per heavy atom. The van der Waals surface area contributed by atoms with Gasteiger partial charge in [-0.15, -0.1) is 6.58 Å². The predicted molar refractivity (Wildman–Crippen MR) is 161 cm³/mol. The minimum atomic E-state index is -2.82. The van der Waals surface area contributed by atoms with Crippen LogP contribution >= 0.6 is 0 Å². The summed E-state index contributed by atoms with van der Waals surface area (Å²) < 4.78 is 20.4. The Balaban J connectivity index is 1.61. The predicted octanol–water partition coefficient (Wildman–Crippen LogP) is 5.24. The first kappa shape index (κ1) is 28.9. The standard InChI is InChI=1S/C34H42O5Si/c1-7-26-21-33(6,36)23-34(38-26)20-25(29-19-30(35)24(2)18-31(29)39-34)22-37-40(32(3,4)5,27-14-10-8-11-15-27)28-16-12-9-13-17-28/h7-18,20,26,29,31,36H,1,19,21-23H2,2-6H3/t26-,29-,31-,33-,34-/m1/s1. The number of hydrogen-bond donors (Lipinski definition) is 1. The molecule has 6 heteroatoms. The number of ether oxygens (including phenoxy) is 2. The zero-order valence-electron chi connectivity index (χ0n) is 24.4. The van der Waals surface area contributed by atoms with Crippen molar-refractivity contribution in [3.05, 3.63) is 96.6 Å². The second kappa shape index (κ2) is 10.7. The molecule has 0 bridgehead atoms. The van der Waals surface area contributed by atoms with Gasteiger partial charge in [0.05, 0.1) is 24.4 Å². The highest BCUT2D eigenvalue weighted by Gasteiger charge is 2.53. The molecule has 1 saturated heterocycles. The molecule has 2 heterocycles. The SMILES string of the molecule is C=C[C@@H]1C[C@@](C)(O)C[C@]2(C=C(CO[Si](c3ccccc3)(c3ccccc3)C(C)(C)C)[C@H]3CC(=O)C(C)=C[C@H]3O2)O1. The summed E-state index contributed by atoms with van der Waals surface area (Å²) >= 11 is 0. The van der Waals surface area contributed by atoms with Crippen molar-refractivity contribution in [2.24, 2.45) is 5.92 Å². The van der Waals surface area contributed by atoms with Gasteiger partial charge in [0.15, 0.2) is 11.6 Å². The maximum Gasteiger partial charge on any atom is 0.261 e. The number of hydrogen-bond acceptors (Lipinski definition) is 5. The number of benzene rings is 2. The van der Waals surface area contributed by atoms with Gasteiger partial charge in [0.25, 0.3) is 8.32 Å². The van der Waals surface area contributed by atoms with E-state index >= 15 is 0 Å². The van der Waals surface area contributed by atoms with Crippen LogP contribution in [0, 0.1) is 5.92 Å². The summed E-state index contributed by atoms with van der Waals surface area (Å²) in [6.07, 6.45) is 6.04. The smallest absolute Gasteiger partial charge is 0.261 e. The van der Waals surface area contributed by atoms with Gasteiger partial charge in [-0.3, -0.25) is 4.79 Å². The Morgan fingerprint density at radius 2 is 1.68 bits per heavy atom. The van der Waals surface area contributed by atoms with Crippen LogP contribution in [0.15, 0.2) is 96.6 Å². The van der Waals surface area contributed by atoms with E-state index in [-0.39, 0.29) is 35.4 Å². The van der Waals surface area contributed by atoms with E-state index in [4.69, 9.17) is 13.9 Å². The molecule has 1 spiro atoms. The highest BCUT2D eigenvalue weighted by atomic mass is 28.4. The Hall–Kier alpha value is -2.61. The fourth-order valence-electron chi connectivity index (χ4n) is 6.81. The van der Waals surface area contributed by atoms with Crippen LogP contribution in [0.25, 0.3) is 0 Å². The maximum atomic E-state index is 12.9. The molecule has 0 radical (unpaired) electrons. The largest absolute Gasteiger partial charge is 0.403 e. The summed E-state index contributed by atoms with van der Waals surface area (Å²) in [6, 6.07) is 21.1. The van der Waals surface area contributed by atoms with Crippen molar-refractivity contribution in [2.45, 2.75) is 82.5 Å². The van der Waals surface area contributed by atoms with Gasteiger partial charge >= 0.3 is 0 Å². The zero-order chi connectivity index (χ0) is 28.8. The average molecular weight is 559 g/mol. The molecule has 212 valence electrons. The van der Waals surface area contributed by atoms with E-state index in [1.165, 1.54) is 10.4 Å². The molecule has 2 aliphatic heterocycles. The minimum Gasteiger partial charge on any atom is -0.403 e. The molecule has 3 aliphatic rings. The van der Waals surface area contributed by atoms with E-state index in [9.17, 15) is 9.90 Å². The number of aliphatic hydroxyl groups is 1. The van der Waals surface area contributed by atoms with Crippen molar-refractivity contribution in [3.8, 4) is 0 Å². The van der Waals surface area contributed by atoms with Crippen LogP contribution in [-0.2, 0) is 18.7 Å². The molecule has 1 N–H and O–H groups in total. The van der Waals surface area contributed by atoms with Crippen molar-refractivity contribution in [2.75, 3.05) is 6.61 Å². The number of carbonyl (C=O) groups excluding carboxylic acids is 1. The third-order valence-electron chi connectivity index (χ3n) is 8.63. The molecule has 5 atom stereocenters. The molecule has 0 unspecified atom stereocenters. The highest BCUT2D eigenvalue weighted by molar-refractivity contribution is 6.99. The van der Waals surface area contributed by atoms with Gasteiger partial charge in [0, 0.05) is 25.2 Å². The topological polar surface area (TPSA) is 65.0 Å². The highest BCUT2D eigenvalue weighted by Crippen LogP contribution is 2.47. The second-order valence-corrected chi connectivity index (χ2v) is 17.2. The fourth-order valence-corrected chi connectivity index (χ4v) is 11.3. The third kappa shape index (κ3) is 5.36. The lowest BCUT2D eigenvalue weighted by atomic mass is 9.77. The third-order valence-corrected chi connectivity index (χ3v) is 13.6. The van der Waals surface area contributed by atoms with Crippen molar-refractivity contribution < 1.29 is 23.8 Å². The van der Waals surface area contributed by atoms with E-state index in [2.05, 4.69) is 75.9 Å². The minimum absolute atomic E-state index is 0.123. The van der Waals surface area contributed by atoms with Crippen LogP contribution in [-0.4, -0.2) is 49.4 Å². The van der Waals surface area contributed by atoms with Crippen LogP contribution in [0.4, 0.5) is 0 Å². The second-order valence-electron chi connectivity index (χ2n) is 12.9. The lowest BCUT2D eigenvalue weighted by molar-refractivity contribution is -0.295. The molecular weight excluding hydrogens is 516 g/mol. The summed E-state index contributed by atoms with van der Waals surface area (Å²) in [4.78, 5) is 12.9. The van der Waals surface area contributed by atoms with E-state index in [1.54, 1.807) is 6.08 Å². The van der Waals surface area contributed by atoms with Crippen LogP contribution in [0.3, 0.4) is 0 Å². The van der Waals surface area contributed by atoms with E-state index in [0.29, 0.717) is 25.0 Å². The summed E-state index contributed by atoms with van der Waals surface area (Å²) in [6.45, 7) is 14.7. The van der Waals surface area contributed by atoms with E-state index in [0.717, 1.165) is 5.57 Å². The average Bonchev–Trinajstić information content (AvgIpc) is 2.89. The van der Waals surface area contributed by atoms with Gasteiger partial charge in [0.2, 0.25) is 0 Å². The van der Waals surface area contributed by atoms with Gasteiger partial charge in [-0.25, -0.2) is 0 Å². The summed E-state index contributed by atoms with van der Waals surface area (Å²) in [5.41, 5.74) is 0.698. The number of allylic oxidation sites excluding steroid dienone is 1. The van der Waals surface area contributed by atoms with Gasteiger partial charge in [0.1, 0.15) is 0 Å². The molecule has 0 amide bonds. The van der Waals surface area contributed by atoms with Crippen LogP contribution in [0.2, 0.25) is 5.04 Å². The maximum absolute atomic E-state index is 12.9. The molecule has 1 aliphatic carbocycles. The molecule has 0 aromatic heterocycles. The van der Waals surface area contributed by atoms with Gasteiger partial charge in [-0.1, -0.05) is 87.5 Å². The number of Topliss-reactive ketones (excluding diaryl/α,β-unsaturated/α-hetero) is 1. The van der Waals surface area contributed by atoms with E-state index in [1.807, 2.05) is 38.1 Å². The quantitative estimate of drug-likeness (QED) is 0.388. The first-order chi connectivity index (χ1) is 18.9. The summed E-state index contributed by atoms with van der Waals surface area (Å²) in [5.74, 6) is -1.17. The number of ketones is 1. The first-order valence-electron chi connectivity index (χ1n) is 14.3. The first-order valence-corrected chi connectivity index (χ1v) is 16.2. The van der Waals surface area contributed by atoms with Crippen LogP contribution < -0.4 is 10.4 Å². The molecule has 1 fully saturated rings. The van der Waals surface area contributed by atoms with Crippen molar-refractivity contribution in [3.63, 3.8) is 0 Å². The Kier molecular flexibility index (Phi) is 7.70. The fraction of sp³-hybridized carbons (Fsp3) is 0.441. The van der Waals surface area contributed by atoms with Gasteiger partial charge < -0.3 is 19.0 Å². The zero-order valence-corrected chi connectivity index (χ0v) is 25.4.